The predicted molar refractivity (Wildman–Crippen MR) is 90.3 cm³/mol. The van der Waals surface area contributed by atoms with Crippen molar-refractivity contribution in [1.29, 1.82) is 0 Å². The lowest BCUT2D eigenvalue weighted by molar-refractivity contribution is -0.384. The van der Waals surface area contributed by atoms with Gasteiger partial charge in [-0.2, -0.15) is 0 Å². The third kappa shape index (κ3) is 2.48. The first-order valence-corrected chi connectivity index (χ1v) is 8.70. The summed E-state index contributed by atoms with van der Waals surface area (Å²) in [5.41, 5.74) is -1.80. The summed E-state index contributed by atoms with van der Waals surface area (Å²) in [6.45, 7) is 2.36. The molecule has 1 aliphatic carbocycles. The molecule has 1 aromatic rings. The average molecular weight is 360 g/mol. The molecule has 0 spiro atoms. The predicted octanol–water partition coefficient (Wildman–Crippen LogP) is 2.11. The Labute approximate surface area is 149 Å². The highest BCUT2D eigenvalue weighted by molar-refractivity contribution is 6.17. The van der Waals surface area contributed by atoms with Gasteiger partial charge in [0.2, 0.25) is 11.8 Å². The molecule has 8 heteroatoms. The Morgan fingerprint density at radius 2 is 1.88 bits per heavy atom. The number of non-ortho nitro benzene ring substituents is 1. The number of imide groups is 1. The van der Waals surface area contributed by atoms with E-state index in [9.17, 15) is 29.6 Å². The maximum atomic E-state index is 12.6. The van der Waals surface area contributed by atoms with E-state index >= 15 is 0 Å². The monoisotopic (exact) mass is 360 g/mol. The Morgan fingerprint density at radius 3 is 2.42 bits per heavy atom. The van der Waals surface area contributed by atoms with Crippen molar-refractivity contribution in [2.24, 2.45) is 11.8 Å². The Morgan fingerprint density at radius 1 is 1.23 bits per heavy atom. The number of carbonyl (C=O) groups excluding carboxylic acids is 2. The van der Waals surface area contributed by atoms with E-state index in [0.717, 1.165) is 30.2 Å². The number of nitro benzene ring substituents is 1. The molecule has 26 heavy (non-hydrogen) atoms. The summed E-state index contributed by atoms with van der Waals surface area (Å²) in [4.78, 5) is 48.8. The second kappa shape index (κ2) is 6.51. The lowest BCUT2D eigenvalue weighted by atomic mass is 9.89. The molecule has 2 aliphatic rings. The molecule has 3 rings (SSSR count). The van der Waals surface area contributed by atoms with Gasteiger partial charge in [-0.05, 0) is 12.0 Å². The summed E-state index contributed by atoms with van der Waals surface area (Å²) in [7, 11) is 0. The molecule has 8 nitrogen and oxygen atoms in total. The van der Waals surface area contributed by atoms with Crippen LogP contribution >= 0.6 is 0 Å². The van der Waals surface area contributed by atoms with Gasteiger partial charge in [-0.25, -0.2) is 0 Å². The van der Waals surface area contributed by atoms with Crippen molar-refractivity contribution in [2.75, 3.05) is 6.54 Å². The van der Waals surface area contributed by atoms with Crippen molar-refractivity contribution in [3.63, 3.8) is 0 Å². The highest BCUT2D eigenvalue weighted by atomic mass is 16.6. The highest BCUT2D eigenvalue weighted by Gasteiger charge is 2.82. The van der Waals surface area contributed by atoms with Crippen molar-refractivity contribution in [3.8, 4) is 0 Å². The summed E-state index contributed by atoms with van der Waals surface area (Å²) >= 11 is 0. The minimum Gasteiger partial charge on any atom is -0.481 e. The van der Waals surface area contributed by atoms with Crippen LogP contribution in [0.1, 0.15) is 38.2 Å². The van der Waals surface area contributed by atoms with E-state index in [4.69, 9.17) is 0 Å². The first-order valence-electron chi connectivity index (χ1n) is 8.70. The van der Waals surface area contributed by atoms with Gasteiger partial charge in [0.15, 0.2) is 0 Å². The van der Waals surface area contributed by atoms with Crippen molar-refractivity contribution < 1.29 is 24.4 Å². The van der Waals surface area contributed by atoms with Crippen LogP contribution < -0.4 is 0 Å². The molecule has 0 radical (unpaired) electrons. The zero-order valence-electron chi connectivity index (χ0n) is 14.4. The van der Waals surface area contributed by atoms with Gasteiger partial charge in [-0.3, -0.25) is 29.4 Å². The van der Waals surface area contributed by atoms with Crippen molar-refractivity contribution >= 4 is 23.5 Å². The Bertz CT molecular complexity index is 768. The summed E-state index contributed by atoms with van der Waals surface area (Å²) in [6, 6.07) is 5.22. The molecule has 1 saturated heterocycles. The zero-order valence-corrected chi connectivity index (χ0v) is 14.4. The fourth-order valence-corrected chi connectivity index (χ4v) is 4.05. The van der Waals surface area contributed by atoms with Crippen LogP contribution in [0.5, 0.6) is 0 Å². The van der Waals surface area contributed by atoms with Gasteiger partial charge in [0.05, 0.1) is 16.8 Å². The number of unbranched alkanes of at least 4 members (excludes halogenated alkanes) is 3. The van der Waals surface area contributed by atoms with Crippen molar-refractivity contribution in [3.05, 3.63) is 39.9 Å². The van der Waals surface area contributed by atoms with Crippen molar-refractivity contribution in [2.45, 2.75) is 38.0 Å². The number of nitro groups is 1. The van der Waals surface area contributed by atoms with Gasteiger partial charge in [0.1, 0.15) is 5.41 Å². The summed E-state index contributed by atoms with van der Waals surface area (Å²) < 4.78 is 0. The average Bonchev–Trinajstić information content (AvgIpc) is 3.26. The minimum absolute atomic E-state index is 0.140. The molecule has 1 aliphatic heterocycles. The number of nitrogens with zero attached hydrogens (tertiary/aromatic N) is 2. The zero-order chi connectivity index (χ0) is 19.1. The Kier molecular flexibility index (Phi) is 4.52. The van der Waals surface area contributed by atoms with Crippen molar-refractivity contribution in [1.82, 2.24) is 4.90 Å². The van der Waals surface area contributed by atoms with E-state index in [1.807, 2.05) is 0 Å². The number of amides is 2. The molecule has 1 saturated carbocycles. The van der Waals surface area contributed by atoms with E-state index in [1.54, 1.807) is 0 Å². The third-order valence-electron chi connectivity index (χ3n) is 5.39. The van der Waals surface area contributed by atoms with Gasteiger partial charge in [0.25, 0.3) is 5.69 Å². The van der Waals surface area contributed by atoms with Crippen LogP contribution in [0.25, 0.3) is 0 Å². The van der Waals surface area contributed by atoms with E-state index in [2.05, 4.69) is 6.92 Å². The molecule has 1 heterocycles. The fourth-order valence-electron chi connectivity index (χ4n) is 4.05. The lowest BCUT2D eigenvalue weighted by Gasteiger charge is -2.23. The third-order valence-corrected chi connectivity index (χ3v) is 5.39. The second-order valence-corrected chi connectivity index (χ2v) is 6.83. The van der Waals surface area contributed by atoms with E-state index < -0.39 is 40.0 Å². The van der Waals surface area contributed by atoms with Crippen LogP contribution in [-0.2, 0) is 19.8 Å². The van der Waals surface area contributed by atoms with Gasteiger partial charge in [-0.15, -0.1) is 0 Å². The Hall–Kier alpha value is -2.77. The number of rotatable bonds is 8. The number of hydrogen-bond acceptors (Lipinski definition) is 5. The molecule has 2 unspecified atom stereocenters. The molecule has 1 aromatic carbocycles. The molecular weight excluding hydrogens is 340 g/mol. The van der Waals surface area contributed by atoms with Crippen LogP contribution in [0.4, 0.5) is 5.69 Å². The summed E-state index contributed by atoms with van der Waals surface area (Å²) in [5.74, 6) is -4.20. The highest BCUT2D eigenvalue weighted by Crippen LogP contribution is 2.65. The van der Waals surface area contributed by atoms with E-state index in [0.29, 0.717) is 13.0 Å². The number of carboxylic acids is 1. The standard InChI is InChI=1S/C18H20N2O6/c1-2-3-4-5-9-19-15(21)13-14(16(19)22)18(13,17(23)24)11-7-6-8-12(10-11)20(25)26/h6-8,10,13-14H,2-5,9H2,1H3,(H,23,24). The number of piperidine rings is 1. The quantitative estimate of drug-likeness (QED) is 0.328. The molecule has 0 aromatic heterocycles. The second-order valence-electron chi connectivity index (χ2n) is 6.83. The molecule has 2 atom stereocenters. The molecular formula is C18H20N2O6. The minimum atomic E-state index is -1.68. The van der Waals surface area contributed by atoms with Gasteiger partial charge in [0, 0.05) is 18.7 Å². The van der Waals surface area contributed by atoms with Gasteiger partial charge >= 0.3 is 5.97 Å². The van der Waals surface area contributed by atoms with Crippen LogP contribution in [-0.4, -0.2) is 39.3 Å². The molecule has 0 bridgehead atoms. The topological polar surface area (TPSA) is 118 Å². The first kappa shape index (κ1) is 18.0. The number of carboxylic acid groups (broad SMARTS) is 1. The molecule has 2 amide bonds. The smallest absolute Gasteiger partial charge is 0.315 e. The van der Waals surface area contributed by atoms with Gasteiger partial charge in [-0.1, -0.05) is 38.3 Å². The van der Waals surface area contributed by atoms with Crippen LogP contribution in [0.2, 0.25) is 0 Å². The Balaban J connectivity index is 1.86. The maximum absolute atomic E-state index is 12.6. The number of likely N-dealkylation sites (tertiary alicyclic amines) is 1. The number of hydrogen-bond donors (Lipinski definition) is 1. The number of aliphatic carboxylic acids is 1. The lowest BCUT2D eigenvalue weighted by Crippen LogP contribution is -2.42. The van der Waals surface area contributed by atoms with Gasteiger partial charge < -0.3 is 5.11 Å². The SMILES string of the molecule is CCCCCCN1C(=O)C2C(C1=O)C2(C(=O)O)c1cccc([N+](=O)[O-])c1. The summed E-state index contributed by atoms with van der Waals surface area (Å²) in [5, 5.41) is 20.8. The van der Waals surface area contributed by atoms with E-state index in [1.165, 1.54) is 18.2 Å². The van der Waals surface area contributed by atoms with E-state index in [-0.39, 0.29) is 11.3 Å². The fraction of sp³-hybridized carbons (Fsp3) is 0.500. The number of fused-ring (bicyclic) bond motifs is 1. The summed E-state index contributed by atoms with van der Waals surface area (Å²) in [6.07, 6.45) is 3.64. The molecule has 2 fully saturated rings. The van der Waals surface area contributed by atoms with Crippen LogP contribution in [0.15, 0.2) is 24.3 Å². The maximum Gasteiger partial charge on any atom is 0.315 e. The normalized spacial score (nSPS) is 26.7. The molecule has 138 valence electrons. The van der Waals surface area contributed by atoms with Crippen LogP contribution in [0.3, 0.4) is 0 Å². The largest absolute Gasteiger partial charge is 0.481 e. The number of benzene rings is 1. The van der Waals surface area contributed by atoms with Crippen LogP contribution in [0, 0.1) is 22.0 Å². The first-order chi connectivity index (χ1) is 12.4. The molecule has 1 N–H and O–H groups in total. The number of carbonyl (C=O) groups is 3.